The molecule has 0 saturated heterocycles. The molecule has 5 heteroatoms. The molecule has 4 nitrogen and oxygen atoms in total. The lowest BCUT2D eigenvalue weighted by Gasteiger charge is -2.24. The Balaban J connectivity index is 1.60. The van der Waals surface area contributed by atoms with Crippen molar-refractivity contribution in [2.24, 2.45) is 5.92 Å². The second kappa shape index (κ2) is 11.1. The van der Waals surface area contributed by atoms with E-state index in [1.54, 1.807) is 19.2 Å². The Kier molecular flexibility index (Phi) is 7.88. The van der Waals surface area contributed by atoms with Gasteiger partial charge in [0.25, 0.3) is 0 Å². The number of methoxy groups -OCH3 is 2. The van der Waals surface area contributed by atoms with Crippen molar-refractivity contribution in [1.29, 1.82) is 0 Å². The molecule has 0 aromatic heterocycles. The molecular weight excluding hydrogens is 467 g/mol. The number of halogens is 1. The minimum atomic E-state index is -0.633. The highest BCUT2D eigenvalue weighted by Crippen LogP contribution is 2.45. The van der Waals surface area contributed by atoms with Crippen LogP contribution in [0.4, 0.5) is 4.39 Å². The predicted octanol–water partition coefficient (Wildman–Crippen LogP) is 7.05. The molecule has 0 aliphatic heterocycles. The number of rotatable bonds is 10. The van der Waals surface area contributed by atoms with Crippen LogP contribution < -0.4 is 9.47 Å². The van der Waals surface area contributed by atoms with Crippen LogP contribution in [0.15, 0.2) is 60.7 Å². The van der Waals surface area contributed by atoms with Crippen LogP contribution >= 0.6 is 0 Å². The average Bonchev–Trinajstić information content (AvgIpc) is 3.76. The highest BCUT2D eigenvalue weighted by atomic mass is 19.1. The lowest BCUT2D eigenvalue weighted by atomic mass is 9.80. The summed E-state index contributed by atoms with van der Waals surface area (Å²) in [5.41, 5.74) is 3.37. The van der Waals surface area contributed by atoms with Gasteiger partial charge in [-0.05, 0) is 91.1 Å². The molecule has 0 N–H and O–H groups in total. The molecule has 1 saturated carbocycles. The largest absolute Gasteiger partial charge is 0.497 e. The molecular formula is C32H33FO4. The zero-order valence-corrected chi connectivity index (χ0v) is 21.8. The molecule has 0 spiro atoms. The highest BCUT2D eigenvalue weighted by molar-refractivity contribution is 5.72. The molecule has 0 bridgehead atoms. The summed E-state index contributed by atoms with van der Waals surface area (Å²) in [6.07, 6.45) is 8.50. The average molecular weight is 501 g/mol. The number of hydrogen-bond acceptors (Lipinski definition) is 4. The van der Waals surface area contributed by atoms with Gasteiger partial charge in [-0.15, -0.1) is 6.42 Å². The third kappa shape index (κ3) is 6.14. The van der Waals surface area contributed by atoms with E-state index in [0.717, 1.165) is 40.8 Å². The monoisotopic (exact) mass is 500 g/mol. The summed E-state index contributed by atoms with van der Waals surface area (Å²) in [4.78, 5) is 12.0. The van der Waals surface area contributed by atoms with Gasteiger partial charge in [0, 0.05) is 5.56 Å². The molecule has 3 aromatic carbocycles. The van der Waals surface area contributed by atoms with Gasteiger partial charge in [-0.1, -0.05) is 36.3 Å². The second-order valence-corrected chi connectivity index (χ2v) is 10.1. The fraction of sp³-hybridized carbons (Fsp3) is 0.344. The van der Waals surface area contributed by atoms with E-state index in [1.165, 1.54) is 13.2 Å². The van der Waals surface area contributed by atoms with Gasteiger partial charge in [-0.3, -0.25) is 4.79 Å². The van der Waals surface area contributed by atoms with Gasteiger partial charge in [-0.25, -0.2) is 4.39 Å². The van der Waals surface area contributed by atoms with Gasteiger partial charge in [0.15, 0.2) is 0 Å². The molecule has 0 radical (unpaired) electrons. The molecule has 0 heterocycles. The normalized spacial score (nSPS) is 13.9. The topological polar surface area (TPSA) is 44.8 Å². The molecule has 4 rings (SSSR count). The number of ether oxygens (including phenoxy) is 3. The number of carbonyl (C=O) groups is 1. The van der Waals surface area contributed by atoms with E-state index < -0.39 is 5.41 Å². The minimum absolute atomic E-state index is 0.135. The van der Waals surface area contributed by atoms with Gasteiger partial charge in [0.2, 0.25) is 0 Å². The molecule has 1 aliphatic rings. The highest BCUT2D eigenvalue weighted by Gasteiger charge is 2.34. The van der Waals surface area contributed by atoms with Gasteiger partial charge in [0.1, 0.15) is 23.9 Å². The molecule has 1 atom stereocenters. The summed E-state index contributed by atoms with van der Waals surface area (Å²) in [6, 6.07) is 18.4. The van der Waals surface area contributed by atoms with Crippen LogP contribution in [0.2, 0.25) is 0 Å². The summed E-state index contributed by atoms with van der Waals surface area (Å²) in [5.74, 6) is 4.25. The summed E-state index contributed by atoms with van der Waals surface area (Å²) in [7, 11) is 2.98. The lowest BCUT2D eigenvalue weighted by Crippen LogP contribution is -2.16. The van der Waals surface area contributed by atoms with Crippen molar-refractivity contribution in [3.8, 4) is 35.0 Å². The molecule has 0 unspecified atom stereocenters. The Morgan fingerprint density at radius 3 is 2.51 bits per heavy atom. The van der Waals surface area contributed by atoms with Crippen LogP contribution in [0.3, 0.4) is 0 Å². The number of benzene rings is 3. The van der Waals surface area contributed by atoms with Crippen molar-refractivity contribution in [2.45, 2.75) is 51.0 Å². The van der Waals surface area contributed by atoms with Gasteiger partial charge >= 0.3 is 5.97 Å². The maximum absolute atomic E-state index is 14.8. The molecule has 0 amide bonds. The van der Waals surface area contributed by atoms with Gasteiger partial charge < -0.3 is 14.2 Å². The van der Waals surface area contributed by atoms with Crippen LogP contribution in [0.25, 0.3) is 11.1 Å². The maximum atomic E-state index is 14.8. The first-order valence-corrected chi connectivity index (χ1v) is 12.5. The third-order valence-corrected chi connectivity index (χ3v) is 7.08. The van der Waals surface area contributed by atoms with E-state index in [2.05, 4.69) is 5.92 Å². The Labute approximate surface area is 218 Å². The zero-order chi connectivity index (χ0) is 26.6. The fourth-order valence-electron chi connectivity index (χ4n) is 4.67. The Morgan fingerprint density at radius 2 is 1.84 bits per heavy atom. The van der Waals surface area contributed by atoms with E-state index in [-0.39, 0.29) is 17.7 Å². The van der Waals surface area contributed by atoms with Crippen LogP contribution in [-0.2, 0) is 21.6 Å². The first-order valence-electron chi connectivity index (χ1n) is 12.5. The number of terminal acetylenes is 1. The summed E-state index contributed by atoms with van der Waals surface area (Å²) < 4.78 is 31.2. The Hall–Kier alpha value is -3.78. The lowest BCUT2D eigenvalue weighted by molar-refractivity contribution is -0.141. The SMILES string of the molecule is C#CC(C)(C)c1cc(COc2cccc([C@@H](CC(=O)OC)C3CC3)c2)ccc1-c1cc(OC)ccc1F. The molecule has 1 aliphatic carbocycles. The summed E-state index contributed by atoms with van der Waals surface area (Å²) in [6.45, 7) is 4.21. The second-order valence-electron chi connectivity index (χ2n) is 10.1. The van der Waals surface area contributed by atoms with Crippen molar-refractivity contribution in [3.63, 3.8) is 0 Å². The maximum Gasteiger partial charge on any atom is 0.306 e. The number of hydrogen-bond donors (Lipinski definition) is 0. The van der Waals surface area contributed by atoms with Crippen molar-refractivity contribution < 1.29 is 23.4 Å². The van der Waals surface area contributed by atoms with E-state index in [4.69, 9.17) is 20.6 Å². The van der Waals surface area contributed by atoms with Crippen LogP contribution in [0.1, 0.15) is 55.7 Å². The summed E-state index contributed by atoms with van der Waals surface area (Å²) >= 11 is 0. The van der Waals surface area contributed by atoms with E-state index >= 15 is 0 Å². The minimum Gasteiger partial charge on any atom is -0.497 e. The fourth-order valence-corrected chi connectivity index (χ4v) is 4.67. The van der Waals surface area contributed by atoms with Gasteiger partial charge in [-0.2, -0.15) is 0 Å². The van der Waals surface area contributed by atoms with Crippen LogP contribution in [0.5, 0.6) is 11.5 Å². The Bertz CT molecular complexity index is 1320. The van der Waals surface area contributed by atoms with Gasteiger partial charge in [0.05, 0.1) is 26.1 Å². The molecule has 37 heavy (non-hydrogen) atoms. The smallest absolute Gasteiger partial charge is 0.306 e. The van der Waals surface area contributed by atoms with Crippen molar-refractivity contribution >= 4 is 5.97 Å². The molecule has 192 valence electrons. The summed E-state index contributed by atoms with van der Waals surface area (Å²) in [5, 5.41) is 0. The van der Waals surface area contributed by atoms with Crippen molar-refractivity contribution in [1.82, 2.24) is 0 Å². The predicted molar refractivity (Wildman–Crippen MR) is 143 cm³/mol. The zero-order valence-electron chi connectivity index (χ0n) is 21.8. The van der Waals surface area contributed by atoms with E-state index in [0.29, 0.717) is 30.3 Å². The number of esters is 1. The molecule has 3 aromatic rings. The first kappa shape index (κ1) is 26.3. The van der Waals surface area contributed by atoms with E-state index in [9.17, 15) is 9.18 Å². The standard InChI is InChI=1S/C32H33FO4/c1-6-32(2,3)29-16-21(10-14-26(29)28-18-24(35-4)13-15-30(28)33)20-37-25-9-7-8-23(17-25)27(22-11-12-22)19-31(34)36-5/h1,7-10,13-18,22,27H,11-12,19-20H2,2-5H3/t27-/m0/s1. The quantitative estimate of drug-likeness (QED) is 0.221. The van der Waals surface area contributed by atoms with Crippen LogP contribution in [-0.4, -0.2) is 20.2 Å². The van der Waals surface area contributed by atoms with Crippen molar-refractivity contribution in [2.75, 3.05) is 14.2 Å². The molecule has 1 fully saturated rings. The van der Waals surface area contributed by atoms with Crippen molar-refractivity contribution in [3.05, 3.63) is 83.2 Å². The number of carbonyl (C=O) groups excluding carboxylic acids is 1. The van der Waals surface area contributed by atoms with Crippen LogP contribution in [0, 0.1) is 24.1 Å². The van der Waals surface area contributed by atoms with E-state index in [1.807, 2.05) is 56.3 Å². The third-order valence-electron chi connectivity index (χ3n) is 7.08. The first-order chi connectivity index (χ1) is 17.7. The Morgan fingerprint density at radius 1 is 1.05 bits per heavy atom.